The van der Waals surface area contributed by atoms with Gasteiger partial charge >= 0.3 is 6.18 Å². The summed E-state index contributed by atoms with van der Waals surface area (Å²) < 4.78 is 44.6. The van der Waals surface area contributed by atoms with Crippen molar-refractivity contribution in [2.24, 2.45) is 0 Å². The zero-order valence-corrected chi connectivity index (χ0v) is 13.0. The van der Waals surface area contributed by atoms with E-state index >= 15 is 0 Å². The summed E-state index contributed by atoms with van der Waals surface area (Å²) >= 11 is 0. The minimum Gasteiger partial charge on any atom is -0.403 e. The van der Waals surface area contributed by atoms with E-state index in [0.29, 0.717) is 5.92 Å². The molecule has 108 valence electrons. The molecule has 0 amide bonds. The Hall–Kier alpha value is -0.813. The van der Waals surface area contributed by atoms with Gasteiger partial charge in [-0.05, 0) is 36.7 Å². The van der Waals surface area contributed by atoms with Gasteiger partial charge in [-0.1, -0.05) is 38.1 Å². The van der Waals surface area contributed by atoms with E-state index in [0.717, 1.165) is 5.56 Å². The Morgan fingerprint density at radius 2 is 1.37 bits per heavy atom. The van der Waals surface area contributed by atoms with E-state index in [1.54, 1.807) is 31.8 Å². The third kappa shape index (κ3) is 4.99. The quantitative estimate of drug-likeness (QED) is 0.687. The van der Waals surface area contributed by atoms with E-state index < -0.39 is 20.6 Å². The van der Waals surface area contributed by atoms with Crippen molar-refractivity contribution in [3.05, 3.63) is 35.4 Å². The highest BCUT2D eigenvalue weighted by Gasteiger charge is 2.44. The van der Waals surface area contributed by atoms with Crippen molar-refractivity contribution in [2.75, 3.05) is 0 Å². The zero-order chi connectivity index (χ0) is 14.8. The van der Waals surface area contributed by atoms with Gasteiger partial charge < -0.3 is 4.43 Å². The van der Waals surface area contributed by atoms with Gasteiger partial charge in [0.2, 0.25) is 0 Å². The van der Waals surface area contributed by atoms with Crippen LogP contribution in [-0.4, -0.2) is 14.5 Å². The Kier molecular flexibility index (Phi) is 4.85. The number of halogens is 3. The van der Waals surface area contributed by atoms with Crippen LogP contribution < -0.4 is 0 Å². The van der Waals surface area contributed by atoms with Gasteiger partial charge in [0.25, 0.3) is 0 Å². The molecule has 19 heavy (non-hydrogen) atoms. The molecule has 0 aromatic heterocycles. The number of alkyl halides is 3. The van der Waals surface area contributed by atoms with Crippen LogP contribution in [0.3, 0.4) is 0 Å². The van der Waals surface area contributed by atoms with Crippen LogP contribution in [0.2, 0.25) is 19.6 Å². The maximum atomic E-state index is 13.1. The Morgan fingerprint density at radius 1 is 0.947 bits per heavy atom. The first-order valence-electron chi connectivity index (χ1n) is 6.35. The second-order valence-corrected chi connectivity index (χ2v) is 10.4. The molecule has 1 nitrogen and oxygen atoms in total. The van der Waals surface area contributed by atoms with Gasteiger partial charge in [0.05, 0.1) is 0 Å². The van der Waals surface area contributed by atoms with Crippen molar-refractivity contribution in [1.82, 2.24) is 0 Å². The van der Waals surface area contributed by atoms with Crippen molar-refractivity contribution in [3.63, 3.8) is 0 Å². The monoisotopic (exact) mass is 290 g/mol. The highest BCUT2D eigenvalue weighted by atomic mass is 28.4. The normalized spacial score (nSPS) is 14.8. The summed E-state index contributed by atoms with van der Waals surface area (Å²) in [6, 6.07) is 6.53. The SMILES string of the molecule is CC(C)c1ccc(C(O[Si](C)(C)C)C(F)(F)F)cc1. The molecular weight excluding hydrogens is 269 g/mol. The fraction of sp³-hybridized carbons (Fsp3) is 0.571. The maximum absolute atomic E-state index is 13.1. The summed E-state index contributed by atoms with van der Waals surface area (Å²) in [5.74, 6) is 0.302. The van der Waals surface area contributed by atoms with Crippen LogP contribution >= 0.6 is 0 Å². The molecule has 1 aromatic rings. The molecule has 0 spiro atoms. The average Bonchev–Trinajstić information content (AvgIpc) is 2.23. The summed E-state index contributed by atoms with van der Waals surface area (Å²) in [7, 11) is -2.27. The Labute approximate surface area is 113 Å². The predicted octanol–water partition coefficient (Wildman–Crippen LogP) is 5.26. The molecule has 0 aliphatic carbocycles. The molecule has 0 radical (unpaired) electrons. The minimum absolute atomic E-state index is 0.180. The molecule has 0 aliphatic heterocycles. The van der Waals surface area contributed by atoms with Gasteiger partial charge in [0.1, 0.15) is 0 Å². The van der Waals surface area contributed by atoms with Crippen LogP contribution in [0.4, 0.5) is 13.2 Å². The highest BCUT2D eigenvalue weighted by Crippen LogP contribution is 2.38. The standard InChI is InChI=1S/C14H21F3OSi/c1-10(2)11-6-8-12(9-7-11)13(14(15,16)17)18-19(3,4)5/h6-10,13H,1-5H3. The second kappa shape index (κ2) is 5.67. The van der Waals surface area contributed by atoms with E-state index in [9.17, 15) is 13.2 Å². The van der Waals surface area contributed by atoms with Gasteiger partial charge in [0, 0.05) is 0 Å². The second-order valence-electron chi connectivity index (χ2n) is 5.97. The molecule has 5 heteroatoms. The fourth-order valence-corrected chi connectivity index (χ4v) is 2.71. The van der Waals surface area contributed by atoms with Crippen LogP contribution in [0.1, 0.15) is 37.0 Å². The van der Waals surface area contributed by atoms with Crippen molar-refractivity contribution in [1.29, 1.82) is 0 Å². The van der Waals surface area contributed by atoms with Crippen LogP contribution in [0.5, 0.6) is 0 Å². The van der Waals surface area contributed by atoms with Crippen molar-refractivity contribution in [2.45, 2.75) is 51.7 Å². The number of benzene rings is 1. The molecule has 0 saturated carbocycles. The molecule has 0 saturated heterocycles. The summed E-state index contributed by atoms with van der Waals surface area (Å²) in [6.45, 7) is 9.29. The molecule has 0 N–H and O–H groups in total. The average molecular weight is 290 g/mol. The molecule has 1 unspecified atom stereocenters. The number of rotatable bonds is 4. The summed E-state index contributed by atoms with van der Waals surface area (Å²) in [4.78, 5) is 0. The Bertz CT molecular complexity index is 404. The zero-order valence-electron chi connectivity index (χ0n) is 12.0. The first-order chi connectivity index (χ1) is 8.50. The topological polar surface area (TPSA) is 9.23 Å². The summed E-state index contributed by atoms with van der Waals surface area (Å²) in [5.41, 5.74) is 1.21. The maximum Gasteiger partial charge on any atom is 0.417 e. The molecule has 0 fully saturated rings. The Morgan fingerprint density at radius 3 is 1.68 bits per heavy atom. The molecule has 0 bridgehead atoms. The largest absolute Gasteiger partial charge is 0.417 e. The van der Waals surface area contributed by atoms with Gasteiger partial charge in [-0.2, -0.15) is 13.2 Å². The molecule has 1 rings (SSSR count). The van der Waals surface area contributed by atoms with Crippen LogP contribution in [0, 0.1) is 0 Å². The molecule has 1 aromatic carbocycles. The third-order valence-electron chi connectivity index (χ3n) is 2.67. The molecule has 1 atom stereocenters. The lowest BCUT2D eigenvalue weighted by Gasteiger charge is -2.28. The van der Waals surface area contributed by atoms with Crippen LogP contribution in [0.25, 0.3) is 0 Å². The fourth-order valence-electron chi connectivity index (χ4n) is 1.73. The predicted molar refractivity (Wildman–Crippen MR) is 73.8 cm³/mol. The summed E-state index contributed by atoms with van der Waals surface area (Å²) in [5, 5.41) is 0. The van der Waals surface area contributed by atoms with Crippen LogP contribution in [0.15, 0.2) is 24.3 Å². The van der Waals surface area contributed by atoms with Gasteiger partial charge in [-0.15, -0.1) is 0 Å². The molecule has 0 heterocycles. The van der Waals surface area contributed by atoms with Crippen molar-refractivity contribution in [3.8, 4) is 0 Å². The number of hydrogen-bond donors (Lipinski definition) is 0. The summed E-state index contributed by atoms with van der Waals surface area (Å²) in [6.07, 6.45) is -6.19. The van der Waals surface area contributed by atoms with E-state index in [4.69, 9.17) is 4.43 Å². The van der Waals surface area contributed by atoms with E-state index in [2.05, 4.69) is 0 Å². The lowest BCUT2D eigenvalue weighted by atomic mass is 10.00. The van der Waals surface area contributed by atoms with Crippen molar-refractivity contribution < 1.29 is 17.6 Å². The molecule has 0 aliphatic rings. The molecular formula is C14H21F3OSi. The third-order valence-corrected chi connectivity index (χ3v) is 3.62. The lowest BCUT2D eigenvalue weighted by molar-refractivity contribution is -0.200. The lowest BCUT2D eigenvalue weighted by Crippen LogP contribution is -2.35. The number of hydrogen-bond acceptors (Lipinski definition) is 1. The van der Waals surface area contributed by atoms with Crippen molar-refractivity contribution >= 4 is 8.32 Å². The minimum atomic E-state index is -4.38. The van der Waals surface area contributed by atoms with Gasteiger partial charge in [-0.3, -0.25) is 0 Å². The first kappa shape index (κ1) is 16.2. The first-order valence-corrected chi connectivity index (χ1v) is 9.76. The Balaban J connectivity index is 3.05. The highest BCUT2D eigenvalue weighted by molar-refractivity contribution is 6.69. The van der Waals surface area contributed by atoms with Gasteiger partial charge in [0.15, 0.2) is 14.4 Å². The van der Waals surface area contributed by atoms with Gasteiger partial charge in [-0.25, -0.2) is 0 Å². The van der Waals surface area contributed by atoms with Crippen LogP contribution in [-0.2, 0) is 4.43 Å². The van der Waals surface area contributed by atoms with E-state index in [1.165, 1.54) is 12.1 Å². The van der Waals surface area contributed by atoms with E-state index in [1.807, 2.05) is 13.8 Å². The smallest absolute Gasteiger partial charge is 0.403 e. The van der Waals surface area contributed by atoms with E-state index in [-0.39, 0.29) is 5.56 Å².